The maximum absolute atomic E-state index is 11.5. The van der Waals surface area contributed by atoms with E-state index < -0.39 is 5.91 Å². The molecule has 0 aliphatic heterocycles. The van der Waals surface area contributed by atoms with Crippen LogP contribution in [-0.4, -0.2) is 5.91 Å². The van der Waals surface area contributed by atoms with E-state index in [4.69, 9.17) is 11.5 Å². The number of nitrogen functional groups attached to an aromatic ring is 1. The number of primary amides is 1. The first-order chi connectivity index (χ1) is 8.97. The van der Waals surface area contributed by atoms with Crippen molar-refractivity contribution in [2.24, 2.45) is 5.73 Å². The summed E-state index contributed by atoms with van der Waals surface area (Å²) in [7, 11) is 0. The third-order valence-electron chi connectivity index (χ3n) is 2.83. The van der Waals surface area contributed by atoms with Crippen molar-refractivity contribution in [1.82, 2.24) is 0 Å². The van der Waals surface area contributed by atoms with Crippen molar-refractivity contribution < 1.29 is 4.79 Å². The van der Waals surface area contributed by atoms with Crippen molar-refractivity contribution in [3.63, 3.8) is 0 Å². The minimum atomic E-state index is -0.458. The molecule has 1 amide bonds. The molecule has 0 radical (unpaired) electrons. The molecule has 0 bridgehead atoms. The Morgan fingerprint density at radius 2 is 1.79 bits per heavy atom. The Kier molecular flexibility index (Phi) is 3.81. The van der Waals surface area contributed by atoms with E-state index in [1.807, 2.05) is 19.9 Å². The second-order valence-electron chi connectivity index (χ2n) is 4.49. The van der Waals surface area contributed by atoms with E-state index in [2.05, 4.69) is 18.2 Å². The summed E-state index contributed by atoms with van der Waals surface area (Å²) < 4.78 is 0. The van der Waals surface area contributed by atoms with Crippen LogP contribution in [0.3, 0.4) is 0 Å². The van der Waals surface area contributed by atoms with E-state index in [-0.39, 0.29) is 0 Å². The van der Waals surface area contributed by atoms with Crippen molar-refractivity contribution in [1.29, 1.82) is 0 Å². The van der Waals surface area contributed by atoms with Crippen molar-refractivity contribution in [2.45, 2.75) is 23.6 Å². The van der Waals surface area contributed by atoms with Crippen LogP contribution in [0, 0.1) is 13.8 Å². The lowest BCUT2D eigenvalue weighted by Crippen LogP contribution is -2.12. The lowest BCUT2D eigenvalue weighted by Gasteiger charge is -2.10. The van der Waals surface area contributed by atoms with Crippen molar-refractivity contribution in [3.05, 3.63) is 53.1 Å². The van der Waals surface area contributed by atoms with Crippen LogP contribution in [0.5, 0.6) is 0 Å². The first-order valence-electron chi connectivity index (χ1n) is 5.92. The zero-order valence-corrected chi connectivity index (χ0v) is 11.8. The van der Waals surface area contributed by atoms with Crippen LogP contribution in [-0.2, 0) is 0 Å². The number of rotatable bonds is 3. The van der Waals surface area contributed by atoms with Gasteiger partial charge >= 0.3 is 0 Å². The number of hydrogen-bond acceptors (Lipinski definition) is 3. The van der Waals surface area contributed by atoms with E-state index in [1.165, 1.54) is 22.9 Å². The summed E-state index contributed by atoms with van der Waals surface area (Å²) in [6.07, 6.45) is 0. The van der Waals surface area contributed by atoms with Crippen LogP contribution in [0.25, 0.3) is 0 Å². The Morgan fingerprint density at radius 1 is 1.05 bits per heavy atom. The van der Waals surface area contributed by atoms with Crippen LogP contribution in [0.1, 0.15) is 21.5 Å². The Morgan fingerprint density at radius 3 is 2.47 bits per heavy atom. The summed E-state index contributed by atoms with van der Waals surface area (Å²) in [5.41, 5.74) is 14.5. The summed E-state index contributed by atoms with van der Waals surface area (Å²) in [4.78, 5) is 13.4. The van der Waals surface area contributed by atoms with Crippen LogP contribution in [0.2, 0.25) is 0 Å². The van der Waals surface area contributed by atoms with Gasteiger partial charge in [0.15, 0.2) is 0 Å². The smallest absolute Gasteiger partial charge is 0.249 e. The Bertz CT molecular complexity index is 638. The Hall–Kier alpha value is -1.94. The SMILES string of the molecule is Cc1ccc(C)c(Sc2ccc(N)cc2C(N)=O)c1. The molecule has 4 N–H and O–H groups in total. The van der Waals surface area contributed by atoms with Gasteiger partial charge in [-0.05, 0) is 49.2 Å². The van der Waals surface area contributed by atoms with Gasteiger partial charge < -0.3 is 11.5 Å². The van der Waals surface area contributed by atoms with Crippen LogP contribution >= 0.6 is 11.8 Å². The molecule has 0 heterocycles. The normalized spacial score (nSPS) is 10.4. The number of amides is 1. The number of aryl methyl sites for hydroxylation is 2. The van der Waals surface area contributed by atoms with E-state index in [0.29, 0.717) is 11.3 Å². The third-order valence-corrected chi connectivity index (χ3v) is 4.07. The van der Waals surface area contributed by atoms with Gasteiger partial charge in [0.05, 0.1) is 5.56 Å². The van der Waals surface area contributed by atoms with Crippen LogP contribution < -0.4 is 11.5 Å². The van der Waals surface area contributed by atoms with Crippen molar-refractivity contribution >= 4 is 23.4 Å². The molecule has 4 heteroatoms. The standard InChI is InChI=1S/C15H16N2OS/c1-9-3-4-10(2)14(7-9)19-13-6-5-11(16)8-12(13)15(17)18/h3-8H,16H2,1-2H3,(H2,17,18). The molecule has 0 atom stereocenters. The van der Waals surface area contributed by atoms with E-state index in [9.17, 15) is 4.79 Å². The van der Waals surface area contributed by atoms with Crippen molar-refractivity contribution in [3.8, 4) is 0 Å². The molecule has 0 unspecified atom stereocenters. The zero-order valence-electron chi connectivity index (χ0n) is 10.9. The van der Waals surface area contributed by atoms with Gasteiger partial charge in [0.1, 0.15) is 0 Å². The molecular weight excluding hydrogens is 256 g/mol. The van der Waals surface area contributed by atoms with Gasteiger partial charge in [0.25, 0.3) is 0 Å². The molecule has 0 aliphatic carbocycles. The molecular formula is C15H16N2OS. The van der Waals surface area contributed by atoms with E-state index in [1.54, 1.807) is 12.1 Å². The second-order valence-corrected chi connectivity index (χ2v) is 5.57. The quantitative estimate of drug-likeness (QED) is 0.843. The van der Waals surface area contributed by atoms with Gasteiger partial charge in [-0.3, -0.25) is 4.79 Å². The topological polar surface area (TPSA) is 69.1 Å². The number of nitrogens with two attached hydrogens (primary N) is 2. The summed E-state index contributed by atoms with van der Waals surface area (Å²) in [5.74, 6) is -0.458. The Balaban J connectivity index is 2.43. The van der Waals surface area contributed by atoms with E-state index in [0.717, 1.165) is 9.79 Å². The average Bonchev–Trinajstić information content (AvgIpc) is 2.35. The monoisotopic (exact) mass is 272 g/mol. The van der Waals surface area contributed by atoms with Crippen LogP contribution in [0.15, 0.2) is 46.2 Å². The highest BCUT2D eigenvalue weighted by Gasteiger charge is 2.11. The minimum Gasteiger partial charge on any atom is -0.399 e. The minimum absolute atomic E-state index is 0.458. The van der Waals surface area contributed by atoms with Gasteiger partial charge in [0.2, 0.25) is 5.91 Å². The summed E-state index contributed by atoms with van der Waals surface area (Å²) in [6, 6.07) is 11.5. The first kappa shape index (κ1) is 13.5. The zero-order chi connectivity index (χ0) is 14.0. The predicted octanol–water partition coefficient (Wildman–Crippen LogP) is 3.14. The fourth-order valence-electron chi connectivity index (χ4n) is 1.76. The average molecular weight is 272 g/mol. The number of benzene rings is 2. The molecule has 98 valence electrons. The lowest BCUT2D eigenvalue weighted by atomic mass is 10.2. The lowest BCUT2D eigenvalue weighted by molar-refractivity contribution is 0.0997. The van der Waals surface area contributed by atoms with E-state index >= 15 is 0 Å². The highest BCUT2D eigenvalue weighted by molar-refractivity contribution is 7.99. The highest BCUT2D eigenvalue weighted by Crippen LogP contribution is 2.33. The number of carbonyl (C=O) groups excluding carboxylic acids is 1. The summed E-state index contributed by atoms with van der Waals surface area (Å²) >= 11 is 1.54. The fourth-order valence-corrected chi connectivity index (χ4v) is 2.88. The molecule has 0 spiro atoms. The van der Waals surface area contributed by atoms with Gasteiger partial charge in [-0.15, -0.1) is 0 Å². The molecule has 3 nitrogen and oxygen atoms in total. The van der Waals surface area contributed by atoms with Crippen LogP contribution in [0.4, 0.5) is 5.69 Å². The summed E-state index contributed by atoms with van der Waals surface area (Å²) in [6.45, 7) is 4.09. The van der Waals surface area contributed by atoms with Gasteiger partial charge in [-0.1, -0.05) is 23.9 Å². The van der Waals surface area contributed by atoms with Gasteiger partial charge in [-0.2, -0.15) is 0 Å². The first-order valence-corrected chi connectivity index (χ1v) is 6.73. The van der Waals surface area contributed by atoms with Gasteiger partial charge in [-0.25, -0.2) is 0 Å². The maximum Gasteiger partial charge on any atom is 0.249 e. The molecule has 2 aromatic carbocycles. The molecule has 0 saturated heterocycles. The number of hydrogen-bond donors (Lipinski definition) is 2. The molecule has 0 fully saturated rings. The molecule has 0 aromatic heterocycles. The Labute approximate surface area is 117 Å². The van der Waals surface area contributed by atoms with Gasteiger partial charge in [0, 0.05) is 15.5 Å². The predicted molar refractivity (Wildman–Crippen MR) is 79.4 cm³/mol. The number of anilines is 1. The molecule has 19 heavy (non-hydrogen) atoms. The molecule has 0 aliphatic rings. The highest BCUT2D eigenvalue weighted by atomic mass is 32.2. The molecule has 2 aromatic rings. The molecule has 0 saturated carbocycles. The van der Waals surface area contributed by atoms with Crippen molar-refractivity contribution in [2.75, 3.05) is 5.73 Å². The fraction of sp³-hybridized carbons (Fsp3) is 0.133. The maximum atomic E-state index is 11.5. The third kappa shape index (κ3) is 3.09. The molecule has 2 rings (SSSR count). The second kappa shape index (κ2) is 5.36. The summed E-state index contributed by atoms with van der Waals surface area (Å²) in [5, 5.41) is 0. The largest absolute Gasteiger partial charge is 0.399 e. The number of carbonyl (C=O) groups is 1.